The van der Waals surface area contributed by atoms with Crippen molar-refractivity contribution in [3.8, 4) is 0 Å². The first-order chi connectivity index (χ1) is 7.69. The monoisotopic (exact) mass is 239 g/mol. The van der Waals surface area contributed by atoms with Crippen LogP contribution in [0.3, 0.4) is 0 Å². The Morgan fingerprint density at radius 2 is 2.50 bits per heavy atom. The van der Waals surface area contributed by atoms with E-state index in [-0.39, 0.29) is 0 Å². The first-order valence-electron chi connectivity index (χ1n) is 5.70. The summed E-state index contributed by atoms with van der Waals surface area (Å²) >= 11 is 1.70. The number of nitrogens with zero attached hydrogens (tertiary/aromatic N) is 1. The SMILES string of the molecule is CCC1(C(=O)O)CCCN1Cc1cccs1. The van der Waals surface area contributed by atoms with Crippen molar-refractivity contribution in [2.45, 2.75) is 38.3 Å². The molecule has 16 heavy (non-hydrogen) atoms. The van der Waals surface area contributed by atoms with E-state index in [9.17, 15) is 9.90 Å². The molecular weight excluding hydrogens is 222 g/mol. The molecule has 2 rings (SSSR count). The fourth-order valence-electron chi connectivity index (χ4n) is 2.55. The van der Waals surface area contributed by atoms with E-state index < -0.39 is 11.5 Å². The van der Waals surface area contributed by atoms with Gasteiger partial charge < -0.3 is 5.11 Å². The Labute approximate surface area is 99.7 Å². The minimum Gasteiger partial charge on any atom is -0.480 e. The van der Waals surface area contributed by atoms with Crippen LogP contribution in [-0.2, 0) is 11.3 Å². The van der Waals surface area contributed by atoms with Gasteiger partial charge in [-0.3, -0.25) is 9.69 Å². The minimum absolute atomic E-state index is 0.621. The lowest BCUT2D eigenvalue weighted by molar-refractivity contribution is -0.150. The van der Waals surface area contributed by atoms with Gasteiger partial charge in [0, 0.05) is 11.4 Å². The first-order valence-corrected chi connectivity index (χ1v) is 6.58. The molecule has 0 radical (unpaired) electrons. The van der Waals surface area contributed by atoms with Gasteiger partial charge in [-0.15, -0.1) is 11.3 Å². The lowest BCUT2D eigenvalue weighted by atomic mass is 9.93. The molecule has 1 fully saturated rings. The van der Waals surface area contributed by atoms with E-state index in [2.05, 4.69) is 11.0 Å². The highest BCUT2D eigenvalue weighted by Crippen LogP contribution is 2.34. The third-order valence-electron chi connectivity index (χ3n) is 3.53. The smallest absolute Gasteiger partial charge is 0.324 e. The summed E-state index contributed by atoms with van der Waals surface area (Å²) in [6.45, 7) is 3.65. The van der Waals surface area contributed by atoms with Crippen LogP contribution in [0.5, 0.6) is 0 Å². The lowest BCUT2D eigenvalue weighted by Crippen LogP contribution is -2.49. The number of carbonyl (C=O) groups is 1. The van der Waals surface area contributed by atoms with Crippen molar-refractivity contribution in [3.63, 3.8) is 0 Å². The molecule has 1 unspecified atom stereocenters. The van der Waals surface area contributed by atoms with Gasteiger partial charge in [-0.25, -0.2) is 0 Å². The van der Waals surface area contributed by atoms with Crippen molar-refractivity contribution in [1.29, 1.82) is 0 Å². The van der Waals surface area contributed by atoms with Crippen LogP contribution in [-0.4, -0.2) is 28.1 Å². The predicted molar refractivity (Wildman–Crippen MR) is 64.6 cm³/mol. The van der Waals surface area contributed by atoms with Crippen molar-refractivity contribution >= 4 is 17.3 Å². The molecule has 3 nitrogen and oxygen atoms in total. The molecule has 1 aromatic rings. The summed E-state index contributed by atoms with van der Waals surface area (Å²) in [7, 11) is 0. The van der Waals surface area contributed by atoms with E-state index in [0.717, 1.165) is 25.9 Å². The Morgan fingerprint density at radius 1 is 1.69 bits per heavy atom. The van der Waals surface area contributed by atoms with Gasteiger partial charge in [0.15, 0.2) is 0 Å². The van der Waals surface area contributed by atoms with Gasteiger partial charge in [-0.1, -0.05) is 13.0 Å². The zero-order valence-corrected chi connectivity index (χ0v) is 10.3. The van der Waals surface area contributed by atoms with Gasteiger partial charge in [0.25, 0.3) is 0 Å². The van der Waals surface area contributed by atoms with Gasteiger partial charge >= 0.3 is 5.97 Å². The number of aliphatic carboxylic acids is 1. The molecule has 2 heterocycles. The second-order valence-electron chi connectivity index (χ2n) is 4.29. The van der Waals surface area contributed by atoms with Crippen molar-refractivity contribution in [1.82, 2.24) is 4.90 Å². The number of likely N-dealkylation sites (tertiary alicyclic amines) is 1. The summed E-state index contributed by atoms with van der Waals surface area (Å²) in [5.74, 6) is -0.663. The maximum absolute atomic E-state index is 11.5. The molecule has 0 saturated carbocycles. The second-order valence-corrected chi connectivity index (χ2v) is 5.33. The summed E-state index contributed by atoms with van der Waals surface area (Å²) in [5.41, 5.74) is -0.621. The average Bonchev–Trinajstić information content (AvgIpc) is 2.88. The topological polar surface area (TPSA) is 40.5 Å². The highest BCUT2D eigenvalue weighted by atomic mass is 32.1. The maximum Gasteiger partial charge on any atom is 0.324 e. The standard InChI is InChI=1S/C12H17NO2S/c1-2-12(11(14)15)6-4-7-13(12)9-10-5-3-8-16-10/h3,5,8H,2,4,6-7,9H2,1H3,(H,14,15). The number of hydrogen-bond acceptors (Lipinski definition) is 3. The Bertz CT molecular complexity index is 363. The summed E-state index contributed by atoms with van der Waals surface area (Å²) in [6, 6.07) is 4.09. The molecule has 1 saturated heterocycles. The summed E-state index contributed by atoms with van der Waals surface area (Å²) < 4.78 is 0. The molecule has 0 bridgehead atoms. The van der Waals surface area contributed by atoms with Gasteiger partial charge in [-0.2, -0.15) is 0 Å². The summed E-state index contributed by atoms with van der Waals surface area (Å²) in [4.78, 5) is 14.8. The van der Waals surface area contributed by atoms with Crippen LogP contribution >= 0.6 is 11.3 Å². The number of rotatable bonds is 4. The van der Waals surface area contributed by atoms with E-state index in [1.807, 2.05) is 18.4 Å². The molecule has 1 aromatic heterocycles. The van der Waals surface area contributed by atoms with Gasteiger partial charge in [0.1, 0.15) is 5.54 Å². The van der Waals surface area contributed by atoms with E-state index in [4.69, 9.17) is 0 Å². The Kier molecular flexibility index (Phi) is 3.30. The van der Waals surface area contributed by atoms with Crippen LogP contribution < -0.4 is 0 Å². The van der Waals surface area contributed by atoms with Gasteiger partial charge in [-0.05, 0) is 37.3 Å². The van der Waals surface area contributed by atoms with Crippen LogP contribution in [0.4, 0.5) is 0 Å². The molecule has 4 heteroatoms. The summed E-state index contributed by atoms with van der Waals surface area (Å²) in [5, 5.41) is 11.5. The van der Waals surface area contributed by atoms with E-state index in [1.54, 1.807) is 11.3 Å². The third-order valence-corrected chi connectivity index (χ3v) is 4.39. The molecule has 0 aromatic carbocycles. The number of thiophene rings is 1. The van der Waals surface area contributed by atoms with Crippen LogP contribution in [0, 0.1) is 0 Å². The molecular formula is C12H17NO2S. The molecule has 0 spiro atoms. The van der Waals surface area contributed by atoms with Crippen LogP contribution in [0.2, 0.25) is 0 Å². The molecule has 0 aliphatic carbocycles. The average molecular weight is 239 g/mol. The van der Waals surface area contributed by atoms with E-state index in [0.29, 0.717) is 6.42 Å². The van der Waals surface area contributed by atoms with E-state index >= 15 is 0 Å². The molecule has 1 atom stereocenters. The fourth-order valence-corrected chi connectivity index (χ4v) is 3.27. The zero-order chi connectivity index (χ0) is 11.6. The van der Waals surface area contributed by atoms with Crippen molar-refractivity contribution in [3.05, 3.63) is 22.4 Å². The number of carboxylic acid groups (broad SMARTS) is 1. The maximum atomic E-state index is 11.5. The second kappa shape index (κ2) is 4.55. The predicted octanol–water partition coefficient (Wildman–Crippen LogP) is 2.58. The van der Waals surface area contributed by atoms with Crippen LogP contribution in [0.25, 0.3) is 0 Å². The quantitative estimate of drug-likeness (QED) is 0.878. The molecule has 1 N–H and O–H groups in total. The number of hydrogen-bond donors (Lipinski definition) is 1. The molecule has 0 amide bonds. The minimum atomic E-state index is -0.663. The fraction of sp³-hybridized carbons (Fsp3) is 0.583. The number of carboxylic acids is 1. The van der Waals surface area contributed by atoms with Crippen molar-refractivity contribution < 1.29 is 9.90 Å². The third kappa shape index (κ3) is 1.87. The zero-order valence-electron chi connectivity index (χ0n) is 9.48. The molecule has 1 aliphatic heterocycles. The van der Waals surface area contributed by atoms with Gasteiger partial charge in [0.05, 0.1) is 0 Å². The highest BCUT2D eigenvalue weighted by Gasteiger charge is 2.45. The first kappa shape index (κ1) is 11.6. The molecule has 88 valence electrons. The van der Waals surface area contributed by atoms with Crippen molar-refractivity contribution in [2.75, 3.05) is 6.54 Å². The van der Waals surface area contributed by atoms with Crippen LogP contribution in [0.1, 0.15) is 31.1 Å². The lowest BCUT2D eigenvalue weighted by Gasteiger charge is -2.33. The summed E-state index contributed by atoms with van der Waals surface area (Å²) in [6.07, 6.45) is 2.46. The Balaban J connectivity index is 2.16. The largest absolute Gasteiger partial charge is 0.480 e. The van der Waals surface area contributed by atoms with Gasteiger partial charge in [0.2, 0.25) is 0 Å². The van der Waals surface area contributed by atoms with E-state index in [1.165, 1.54) is 4.88 Å². The van der Waals surface area contributed by atoms with Crippen LogP contribution in [0.15, 0.2) is 17.5 Å². The Hall–Kier alpha value is -0.870. The highest BCUT2D eigenvalue weighted by molar-refractivity contribution is 7.09. The molecule has 1 aliphatic rings. The van der Waals surface area contributed by atoms with Crippen molar-refractivity contribution in [2.24, 2.45) is 0 Å². The Morgan fingerprint density at radius 3 is 3.06 bits per heavy atom. The normalized spacial score (nSPS) is 26.1.